The monoisotopic (exact) mass is 310 g/mol. The van der Waals surface area contributed by atoms with Crippen LogP contribution in [0.5, 0.6) is 5.88 Å². The summed E-state index contributed by atoms with van der Waals surface area (Å²) in [5.41, 5.74) is 1.73. The number of carbonyl (C=O) groups excluding carboxylic acids is 1. The highest BCUT2D eigenvalue weighted by molar-refractivity contribution is 5.94. The minimum atomic E-state index is 0.0326. The molecule has 4 nitrogen and oxygen atoms in total. The number of nitrogens with zero attached hydrogens (tertiary/aromatic N) is 2. The van der Waals surface area contributed by atoms with Crippen LogP contribution in [0, 0.1) is 0 Å². The molecule has 1 aliphatic rings. The highest BCUT2D eigenvalue weighted by Gasteiger charge is 2.32. The van der Waals surface area contributed by atoms with Gasteiger partial charge in [0.2, 0.25) is 5.88 Å². The van der Waals surface area contributed by atoms with Crippen LogP contribution in [-0.2, 0) is 0 Å². The average molecular weight is 310 g/mol. The molecule has 1 aromatic heterocycles. The van der Waals surface area contributed by atoms with Crippen molar-refractivity contribution in [2.75, 3.05) is 6.54 Å². The molecule has 23 heavy (non-hydrogen) atoms. The molecule has 0 saturated carbocycles. The first-order valence-electron chi connectivity index (χ1n) is 8.14. The minimum Gasteiger partial charge on any atom is -0.475 e. The lowest BCUT2D eigenvalue weighted by Crippen LogP contribution is -2.31. The predicted octanol–water partition coefficient (Wildman–Crippen LogP) is 3.85. The SMILES string of the molecule is CC(C)Oc1ncccc1C1CCCN1C(=O)c1ccccc1. The van der Waals surface area contributed by atoms with Crippen LogP contribution in [0.15, 0.2) is 48.7 Å². The van der Waals surface area contributed by atoms with Gasteiger partial charge in [0.15, 0.2) is 0 Å². The van der Waals surface area contributed by atoms with Gasteiger partial charge in [0, 0.05) is 23.9 Å². The summed E-state index contributed by atoms with van der Waals surface area (Å²) < 4.78 is 5.84. The van der Waals surface area contributed by atoms with E-state index >= 15 is 0 Å². The Kier molecular flexibility index (Phi) is 4.60. The molecule has 0 N–H and O–H groups in total. The van der Waals surface area contributed by atoms with Crippen LogP contribution >= 0.6 is 0 Å². The molecule has 1 saturated heterocycles. The molecule has 1 aromatic carbocycles. The standard InChI is InChI=1S/C19H22N2O2/c1-14(2)23-18-16(10-6-12-20-18)17-11-7-13-21(17)19(22)15-8-4-3-5-9-15/h3-6,8-10,12,14,17H,7,11,13H2,1-2H3. The second-order valence-corrected chi connectivity index (χ2v) is 6.09. The minimum absolute atomic E-state index is 0.0326. The fraction of sp³-hybridized carbons (Fsp3) is 0.368. The van der Waals surface area contributed by atoms with Crippen molar-refractivity contribution in [3.05, 3.63) is 59.8 Å². The lowest BCUT2D eigenvalue weighted by Gasteiger charge is -2.26. The zero-order chi connectivity index (χ0) is 16.2. The fourth-order valence-electron chi connectivity index (χ4n) is 3.06. The molecule has 2 heterocycles. The number of aromatic nitrogens is 1. The summed E-state index contributed by atoms with van der Waals surface area (Å²) in [6.45, 7) is 4.74. The molecule has 0 bridgehead atoms. The third-order valence-corrected chi connectivity index (χ3v) is 4.04. The first-order valence-corrected chi connectivity index (χ1v) is 8.14. The smallest absolute Gasteiger partial charge is 0.254 e. The van der Waals surface area contributed by atoms with Gasteiger partial charge in [-0.25, -0.2) is 4.98 Å². The number of amides is 1. The molecule has 0 radical (unpaired) electrons. The Morgan fingerprint density at radius 1 is 1.22 bits per heavy atom. The maximum absolute atomic E-state index is 12.8. The van der Waals surface area contributed by atoms with E-state index in [0.717, 1.165) is 30.5 Å². The van der Waals surface area contributed by atoms with Gasteiger partial charge in [-0.05, 0) is 44.9 Å². The van der Waals surface area contributed by atoms with Gasteiger partial charge < -0.3 is 9.64 Å². The zero-order valence-electron chi connectivity index (χ0n) is 13.6. The van der Waals surface area contributed by atoms with E-state index in [0.29, 0.717) is 5.88 Å². The first-order chi connectivity index (χ1) is 11.2. The quantitative estimate of drug-likeness (QED) is 0.861. The number of rotatable bonds is 4. The summed E-state index contributed by atoms with van der Waals surface area (Å²) in [7, 11) is 0. The molecule has 0 aliphatic carbocycles. The Labute approximate surface area is 137 Å². The second kappa shape index (κ2) is 6.82. The molecule has 3 rings (SSSR count). The third-order valence-electron chi connectivity index (χ3n) is 4.04. The van der Waals surface area contributed by atoms with E-state index in [1.807, 2.05) is 61.2 Å². The molecule has 1 aliphatic heterocycles. The summed E-state index contributed by atoms with van der Waals surface area (Å²) >= 11 is 0. The van der Waals surface area contributed by atoms with Crippen LogP contribution in [-0.4, -0.2) is 28.4 Å². The number of ether oxygens (including phenoxy) is 1. The molecule has 4 heteroatoms. The van der Waals surface area contributed by atoms with Gasteiger partial charge in [-0.2, -0.15) is 0 Å². The molecular weight excluding hydrogens is 288 g/mol. The van der Waals surface area contributed by atoms with Crippen molar-refractivity contribution in [1.82, 2.24) is 9.88 Å². The van der Waals surface area contributed by atoms with E-state index in [1.165, 1.54) is 0 Å². The van der Waals surface area contributed by atoms with Crippen molar-refractivity contribution in [2.24, 2.45) is 0 Å². The average Bonchev–Trinajstić information content (AvgIpc) is 3.04. The van der Waals surface area contributed by atoms with Crippen LogP contribution in [0.2, 0.25) is 0 Å². The normalized spacial score (nSPS) is 17.5. The predicted molar refractivity (Wildman–Crippen MR) is 89.5 cm³/mol. The van der Waals surface area contributed by atoms with Crippen LogP contribution in [0.4, 0.5) is 0 Å². The number of likely N-dealkylation sites (tertiary alicyclic amines) is 1. The second-order valence-electron chi connectivity index (χ2n) is 6.09. The number of hydrogen-bond donors (Lipinski definition) is 0. The Bertz CT molecular complexity index is 670. The summed E-state index contributed by atoms with van der Waals surface area (Å²) in [6, 6.07) is 13.4. The topological polar surface area (TPSA) is 42.4 Å². The van der Waals surface area contributed by atoms with E-state index in [4.69, 9.17) is 4.74 Å². The Morgan fingerprint density at radius 2 is 2.00 bits per heavy atom. The van der Waals surface area contributed by atoms with Crippen molar-refractivity contribution < 1.29 is 9.53 Å². The van der Waals surface area contributed by atoms with E-state index in [1.54, 1.807) is 6.20 Å². The van der Waals surface area contributed by atoms with Crippen molar-refractivity contribution in [3.8, 4) is 5.88 Å². The Morgan fingerprint density at radius 3 is 2.74 bits per heavy atom. The highest BCUT2D eigenvalue weighted by atomic mass is 16.5. The lowest BCUT2D eigenvalue weighted by molar-refractivity contribution is 0.0732. The number of pyridine rings is 1. The molecule has 1 amide bonds. The van der Waals surface area contributed by atoms with E-state index in [9.17, 15) is 4.79 Å². The lowest BCUT2D eigenvalue weighted by atomic mass is 10.1. The summed E-state index contributed by atoms with van der Waals surface area (Å²) in [5.74, 6) is 0.715. The van der Waals surface area contributed by atoms with Gasteiger partial charge in [-0.1, -0.05) is 24.3 Å². The van der Waals surface area contributed by atoms with Crippen molar-refractivity contribution >= 4 is 5.91 Å². The third kappa shape index (κ3) is 3.36. The van der Waals surface area contributed by atoms with Crippen molar-refractivity contribution in [3.63, 3.8) is 0 Å². The fourth-order valence-corrected chi connectivity index (χ4v) is 3.06. The summed E-state index contributed by atoms with van der Waals surface area (Å²) in [4.78, 5) is 19.1. The van der Waals surface area contributed by atoms with Gasteiger partial charge in [0.05, 0.1) is 12.1 Å². The van der Waals surface area contributed by atoms with Crippen LogP contribution < -0.4 is 4.74 Å². The van der Waals surface area contributed by atoms with Gasteiger partial charge in [-0.3, -0.25) is 4.79 Å². The van der Waals surface area contributed by atoms with Gasteiger partial charge >= 0.3 is 0 Å². The van der Waals surface area contributed by atoms with Gasteiger partial charge in [0.25, 0.3) is 5.91 Å². The summed E-state index contributed by atoms with van der Waals surface area (Å²) in [5, 5.41) is 0. The molecule has 2 aromatic rings. The maximum Gasteiger partial charge on any atom is 0.254 e. The summed E-state index contributed by atoms with van der Waals surface area (Å²) in [6.07, 6.45) is 3.74. The molecular formula is C19H22N2O2. The molecule has 1 unspecified atom stereocenters. The van der Waals surface area contributed by atoms with Crippen LogP contribution in [0.1, 0.15) is 48.7 Å². The Hall–Kier alpha value is -2.36. The number of carbonyl (C=O) groups is 1. The van der Waals surface area contributed by atoms with Crippen LogP contribution in [0.3, 0.4) is 0 Å². The Balaban J connectivity index is 1.89. The van der Waals surface area contributed by atoms with Gasteiger partial charge in [0.1, 0.15) is 0 Å². The van der Waals surface area contributed by atoms with Crippen molar-refractivity contribution in [2.45, 2.75) is 38.8 Å². The highest BCUT2D eigenvalue weighted by Crippen LogP contribution is 2.37. The maximum atomic E-state index is 12.8. The first kappa shape index (κ1) is 15.5. The van der Waals surface area contributed by atoms with E-state index in [-0.39, 0.29) is 18.1 Å². The number of hydrogen-bond acceptors (Lipinski definition) is 3. The van der Waals surface area contributed by atoms with E-state index < -0.39 is 0 Å². The van der Waals surface area contributed by atoms with Crippen molar-refractivity contribution in [1.29, 1.82) is 0 Å². The van der Waals surface area contributed by atoms with E-state index in [2.05, 4.69) is 4.98 Å². The van der Waals surface area contributed by atoms with Crippen LogP contribution in [0.25, 0.3) is 0 Å². The number of benzene rings is 1. The zero-order valence-corrected chi connectivity index (χ0v) is 13.6. The molecule has 120 valence electrons. The van der Waals surface area contributed by atoms with Gasteiger partial charge in [-0.15, -0.1) is 0 Å². The largest absolute Gasteiger partial charge is 0.475 e. The molecule has 1 fully saturated rings. The molecule has 0 spiro atoms. The molecule has 1 atom stereocenters.